The first-order valence-corrected chi connectivity index (χ1v) is 7.31. The highest BCUT2D eigenvalue weighted by Crippen LogP contribution is 2.22. The molecule has 1 rings (SSSR count). The Kier molecular flexibility index (Phi) is 6.06. The third-order valence-corrected chi connectivity index (χ3v) is 3.36. The van der Waals surface area contributed by atoms with Gasteiger partial charge in [-0.25, -0.2) is 4.39 Å². The highest BCUT2D eigenvalue weighted by atomic mass is 79.9. The van der Waals surface area contributed by atoms with Crippen molar-refractivity contribution in [1.29, 1.82) is 0 Å². The highest BCUT2D eigenvalue weighted by Gasteiger charge is 2.26. The topological polar surface area (TPSA) is 63.5 Å². The van der Waals surface area contributed by atoms with Crippen molar-refractivity contribution in [3.05, 3.63) is 39.7 Å². The number of nitro benzene ring substituents is 1. The SMILES string of the molecule is CC(C)N(CCCBr)C(=O)c1cc(F)ccc1[N+](=O)[O-]. The number of halogens is 2. The predicted molar refractivity (Wildman–Crippen MR) is 77.6 cm³/mol. The van der Waals surface area contributed by atoms with Gasteiger partial charge >= 0.3 is 0 Å². The second-order valence-corrected chi connectivity index (χ2v) is 5.35. The molecule has 0 radical (unpaired) electrons. The van der Waals surface area contributed by atoms with Crippen LogP contribution in [0.15, 0.2) is 18.2 Å². The zero-order valence-electron chi connectivity index (χ0n) is 11.3. The number of hydrogen-bond acceptors (Lipinski definition) is 3. The van der Waals surface area contributed by atoms with Crippen LogP contribution in [0.3, 0.4) is 0 Å². The molecule has 0 N–H and O–H groups in total. The van der Waals surface area contributed by atoms with E-state index in [0.29, 0.717) is 13.0 Å². The highest BCUT2D eigenvalue weighted by molar-refractivity contribution is 9.09. The molecule has 0 saturated heterocycles. The minimum atomic E-state index is -0.671. The third kappa shape index (κ3) is 4.00. The molecule has 1 aromatic rings. The molecule has 20 heavy (non-hydrogen) atoms. The molecule has 1 amide bonds. The molecular formula is C13H16BrFN2O3. The van der Waals surface area contributed by atoms with E-state index in [0.717, 1.165) is 23.5 Å². The van der Waals surface area contributed by atoms with Gasteiger partial charge in [0.05, 0.1) is 4.92 Å². The summed E-state index contributed by atoms with van der Waals surface area (Å²) in [5.41, 5.74) is -0.584. The first kappa shape index (κ1) is 16.6. The van der Waals surface area contributed by atoms with Gasteiger partial charge in [-0.1, -0.05) is 15.9 Å². The first-order valence-electron chi connectivity index (χ1n) is 6.19. The molecule has 0 spiro atoms. The summed E-state index contributed by atoms with van der Waals surface area (Å²) in [5, 5.41) is 11.7. The first-order chi connectivity index (χ1) is 9.38. The van der Waals surface area contributed by atoms with Crippen LogP contribution >= 0.6 is 15.9 Å². The zero-order valence-corrected chi connectivity index (χ0v) is 12.9. The van der Waals surface area contributed by atoms with Crippen molar-refractivity contribution in [3.63, 3.8) is 0 Å². The Morgan fingerprint density at radius 2 is 2.15 bits per heavy atom. The molecule has 0 heterocycles. The second kappa shape index (κ2) is 7.33. The fraction of sp³-hybridized carbons (Fsp3) is 0.462. The molecule has 0 aliphatic heterocycles. The van der Waals surface area contributed by atoms with Crippen molar-refractivity contribution in [2.45, 2.75) is 26.3 Å². The smallest absolute Gasteiger partial charge is 0.282 e. The van der Waals surface area contributed by atoms with Gasteiger partial charge in [-0.2, -0.15) is 0 Å². The van der Waals surface area contributed by atoms with Crippen molar-refractivity contribution in [1.82, 2.24) is 4.90 Å². The maximum Gasteiger partial charge on any atom is 0.282 e. The van der Waals surface area contributed by atoms with Crippen molar-refractivity contribution < 1.29 is 14.1 Å². The van der Waals surface area contributed by atoms with E-state index in [9.17, 15) is 19.3 Å². The van der Waals surface area contributed by atoms with Crippen LogP contribution < -0.4 is 0 Å². The van der Waals surface area contributed by atoms with E-state index in [1.807, 2.05) is 13.8 Å². The van der Waals surface area contributed by atoms with E-state index in [4.69, 9.17) is 0 Å². The summed E-state index contributed by atoms with van der Waals surface area (Å²) in [4.78, 5) is 24.2. The van der Waals surface area contributed by atoms with Crippen LogP contribution in [0, 0.1) is 15.9 Å². The minimum Gasteiger partial charge on any atom is -0.336 e. The van der Waals surface area contributed by atoms with Gasteiger partial charge in [0.25, 0.3) is 11.6 Å². The van der Waals surface area contributed by atoms with E-state index in [1.54, 1.807) is 0 Å². The predicted octanol–water partition coefficient (Wildman–Crippen LogP) is 3.37. The molecule has 110 valence electrons. The van der Waals surface area contributed by atoms with E-state index in [1.165, 1.54) is 4.90 Å². The van der Waals surface area contributed by atoms with E-state index in [-0.39, 0.29) is 17.3 Å². The molecule has 1 aromatic carbocycles. The lowest BCUT2D eigenvalue weighted by Gasteiger charge is -2.26. The molecule has 0 bridgehead atoms. The molecular weight excluding hydrogens is 331 g/mol. The second-order valence-electron chi connectivity index (χ2n) is 4.55. The molecule has 0 saturated carbocycles. The normalized spacial score (nSPS) is 10.7. The van der Waals surface area contributed by atoms with E-state index >= 15 is 0 Å². The summed E-state index contributed by atoms with van der Waals surface area (Å²) in [6.07, 6.45) is 0.715. The minimum absolute atomic E-state index is 0.121. The lowest BCUT2D eigenvalue weighted by molar-refractivity contribution is -0.385. The third-order valence-electron chi connectivity index (χ3n) is 2.80. The van der Waals surface area contributed by atoms with Crippen LogP contribution in [0.4, 0.5) is 10.1 Å². The standard InChI is InChI=1S/C13H16BrFN2O3/c1-9(2)16(7-3-6-14)13(18)11-8-10(15)4-5-12(11)17(19)20/h4-5,8-9H,3,6-7H2,1-2H3. The number of carbonyl (C=O) groups excluding carboxylic acids is 1. The number of amides is 1. The van der Waals surface area contributed by atoms with E-state index in [2.05, 4.69) is 15.9 Å². The number of nitro groups is 1. The Balaban J connectivity index is 3.16. The van der Waals surface area contributed by atoms with Gasteiger partial charge in [0.2, 0.25) is 0 Å². The molecule has 0 aromatic heterocycles. The number of benzene rings is 1. The van der Waals surface area contributed by atoms with Gasteiger partial charge in [-0.05, 0) is 32.4 Å². The molecule has 0 unspecified atom stereocenters. The number of hydrogen-bond donors (Lipinski definition) is 0. The fourth-order valence-electron chi connectivity index (χ4n) is 1.82. The summed E-state index contributed by atoms with van der Waals surface area (Å²) < 4.78 is 13.3. The summed E-state index contributed by atoms with van der Waals surface area (Å²) in [5.74, 6) is -1.18. The van der Waals surface area contributed by atoms with Gasteiger partial charge in [-0.15, -0.1) is 0 Å². The summed E-state index contributed by atoms with van der Waals surface area (Å²) in [6.45, 7) is 4.09. The Labute approximate surface area is 125 Å². The number of rotatable bonds is 6. The van der Waals surface area contributed by atoms with Crippen LogP contribution in [-0.4, -0.2) is 33.6 Å². The van der Waals surface area contributed by atoms with Crippen LogP contribution in [-0.2, 0) is 0 Å². The van der Waals surface area contributed by atoms with Crippen molar-refractivity contribution in [3.8, 4) is 0 Å². The summed E-state index contributed by atoms with van der Waals surface area (Å²) in [7, 11) is 0. The fourth-order valence-corrected chi connectivity index (χ4v) is 2.07. The lowest BCUT2D eigenvalue weighted by atomic mass is 10.1. The maximum atomic E-state index is 13.3. The Morgan fingerprint density at radius 3 is 2.65 bits per heavy atom. The molecule has 5 nitrogen and oxygen atoms in total. The van der Waals surface area contributed by atoms with E-state index < -0.39 is 16.6 Å². The van der Waals surface area contributed by atoms with Crippen molar-refractivity contribution in [2.75, 3.05) is 11.9 Å². The number of alkyl halides is 1. The average Bonchev–Trinajstić information content (AvgIpc) is 2.38. The molecule has 0 atom stereocenters. The number of nitrogens with zero attached hydrogens (tertiary/aromatic N) is 2. The average molecular weight is 347 g/mol. The van der Waals surface area contributed by atoms with Gasteiger partial charge in [0.1, 0.15) is 11.4 Å². The quantitative estimate of drug-likeness (QED) is 0.450. The van der Waals surface area contributed by atoms with Gasteiger partial charge < -0.3 is 4.90 Å². The zero-order chi connectivity index (χ0) is 15.3. The van der Waals surface area contributed by atoms with Crippen LogP contribution in [0.5, 0.6) is 0 Å². The summed E-state index contributed by atoms with van der Waals surface area (Å²) >= 11 is 3.28. The Hall–Kier alpha value is -1.50. The molecule has 7 heteroatoms. The number of carbonyl (C=O) groups is 1. The molecule has 0 aliphatic rings. The molecule has 0 aliphatic carbocycles. The van der Waals surface area contributed by atoms with Gasteiger partial charge in [0.15, 0.2) is 0 Å². The van der Waals surface area contributed by atoms with Crippen molar-refractivity contribution in [2.24, 2.45) is 0 Å². The Morgan fingerprint density at radius 1 is 1.50 bits per heavy atom. The van der Waals surface area contributed by atoms with Gasteiger partial charge in [-0.3, -0.25) is 14.9 Å². The van der Waals surface area contributed by atoms with Crippen LogP contribution in [0.25, 0.3) is 0 Å². The largest absolute Gasteiger partial charge is 0.336 e. The monoisotopic (exact) mass is 346 g/mol. The van der Waals surface area contributed by atoms with Crippen molar-refractivity contribution >= 4 is 27.5 Å². The van der Waals surface area contributed by atoms with Gasteiger partial charge in [0, 0.05) is 24.0 Å². The van der Waals surface area contributed by atoms with Crippen LogP contribution in [0.2, 0.25) is 0 Å². The Bertz CT molecular complexity index is 508. The van der Waals surface area contributed by atoms with Crippen LogP contribution in [0.1, 0.15) is 30.6 Å². The summed E-state index contributed by atoms with van der Waals surface area (Å²) in [6, 6.07) is 2.80. The maximum absolute atomic E-state index is 13.3. The lowest BCUT2D eigenvalue weighted by Crippen LogP contribution is -2.38. The molecule has 0 fully saturated rings.